The van der Waals surface area contributed by atoms with Crippen LogP contribution in [0.4, 0.5) is 5.13 Å². The Labute approximate surface area is 103 Å². The summed E-state index contributed by atoms with van der Waals surface area (Å²) in [5.41, 5.74) is 7.79. The van der Waals surface area contributed by atoms with Crippen LogP contribution < -0.4 is 5.73 Å². The van der Waals surface area contributed by atoms with Crippen LogP contribution in [0.15, 0.2) is 24.3 Å². The van der Waals surface area contributed by atoms with Crippen molar-refractivity contribution in [2.45, 2.75) is 13.3 Å². The third kappa shape index (κ3) is 2.62. The molecule has 0 aliphatic carbocycles. The molecular weight excluding hydrogens is 236 g/mol. The minimum atomic E-state index is -0.910. The molecule has 0 atom stereocenters. The molecule has 0 unspecified atom stereocenters. The average molecular weight is 248 g/mol. The number of nitrogens with two attached hydrogens (primary N) is 1. The molecule has 0 saturated carbocycles. The molecule has 0 bridgehead atoms. The normalized spacial score (nSPS) is 10.4. The number of nitrogen functional groups attached to an aromatic ring is 1. The van der Waals surface area contributed by atoms with Gasteiger partial charge in [-0.05, 0) is 24.6 Å². The molecular formula is C12H12N2O2S. The minimum Gasteiger partial charge on any atom is -0.478 e. The van der Waals surface area contributed by atoms with Crippen molar-refractivity contribution in [3.05, 3.63) is 46.0 Å². The van der Waals surface area contributed by atoms with E-state index in [-0.39, 0.29) is 0 Å². The number of carbonyl (C=O) groups is 1. The van der Waals surface area contributed by atoms with Crippen LogP contribution in [0.5, 0.6) is 0 Å². The van der Waals surface area contributed by atoms with Crippen LogP contribution in [0.25, 0.3) is 0 Å². The highest BCUT2D eigenvalue weighted by Gasteiger charge is 2.08. The number of aromatic carboxylic acids is 1. The number of benzene rings is 1. The van der Waals surface area contributed by atoms with Crippen LogP contribution in [0.3, 0.4) is 0 Å². The molecule has 3 N–H and O–H groups in total. The maximum Gasteiger partial charge on any atom is 0.335 e. The van der Waals surface area contributed by atoms with E-state index in [0.717, 1.165) is 16.1 Å². The summed E-state index contributed by atoms with van der Waals surface area (Å²) in [4.78, 5) is 16.1. The number of hydrogen-bond donors (Lipinski definition) is 2. The third-order valence-electron chi connectivity index (χ3n) is 2.45. The zero-order chi connectivity index (χ0) is 12.4. The highest BCUT2D eigenvalue weighted by Crippen LogP contribution is 2.23. The van der Waals surface area contributed by atoms with E-state index in [9.17, 15) is 4.79 Å². The van der Waals surface area contributed by atoms with Crippen LogP contribution in [0.1, 0.15) is 26.5 Å². The number of aromatic nitrogens is 1. The lowest BCUT2D eigenvalue weighted by atomic mass is 10.1. The molecule has 5 heteroatoms. The van der Waals surface area contributed by atoms with Gasteiger partial charge in [-0.25, -0.2) is 9.78 Å². The van der Waals surface area contributed by atoms with Crippen molar-refractivity contribution in [3.8, 4) is 0 Å². The quantitative estimate of drug-likeness (QED) is 0.874. The summed E-state index contributed by atoms with van der Waals surface area (Å²) in [6.07, 6.45) is 0.668. The molecule has 4 nitrogen and oxygen atoms in total. The van der Waals surface area contributed by atoms with Gasteiger partial charge >= 0.3 is 5.97 Å². The Bertz CT molecular complexity index is 563. The predicted molar refractivity (Wildman–Crippen MR) is 67.5 cm³/mol. The molecule has 0 amide bonds. The van der Waals surface area contributed by atoms with Crippen molar-refractivity contribution in [1.82, 2.24) is 4.98 Å². The van der Waals surface area contributed by atoms with E-state index in [1.165, 1.54) is 11.3 Å². The molecule has 0 aliphatic heterocycles. The number of anilines is 1. The van der Waals surface area contributed by atoms with Gasteiger partial charge in [0.2, 0.25) is 0 Å². The summed E-state index contributed by atoms with van der Waals surface area (Å²) in [5.74, 6) is -0.910. The summed E-state index contributed by atoms with van der Waals surface area (Å²) < 4.78 is 0. The van der Waals surface area contributed by atoms with Crippen LogP contribution in [-0.4, -0.2) is 16.1 Å². The molecule has 1 heterocycles. The Morgan fingerprint density at radius 3 is 2.88 bits per heavy atom. The number of nitrogens with zero attached hydrogens (tertiary/aromatic N) is 1. The number of hydrogen-bond acceptors (Lipinski definition) is 4. The molecule has 2 aromatic rings. The van der Waals surface area contributed by atoms with Gasteiger partial charge < -0.3 is 10.8 Å². The van der Waals surface area contributed by atoms with Crippen LogP contribution in [0, 0.1) is 6.92 Å². The van der Waals surface area contributed by atoms with Gasteiger partial charge in [0.15, 0.2) is 5.13 Å². The van der Waals surface area contributed by atoms with Crippen molar-refractivity contribution >= 4 is 22.4 Å². The van der Waals surface area contributed by atoms with E-state index in [1.807, 2.05) is 13.0 Å². The topological polar surface area (TPSA) is 76.2 Å². The number of carboxylic acid groups (broad SMARTS) is 1. The minimum absolute atomic E-state index is 0.303. The van der Waals surface area contributed by atoms with Crippen molar-refractivity contribution in [2.24, 2.45) is 0 Å². The second kappa shape index (κ2) is 4.55. The van der Waals surface area contributed by atoms with Crippen LogP contribution in [0.2, 0.25) is 0 Å². The van der Waals surface area contributed by atoms with Gasteiger partial charge in [-0.1, -0.05) is 12.1 Å². The largest absolute Gasteiger partial charge is 0.478 e. The second-order valence-electron chi connectivity index (χ2n) is 3.74. The predicted octanol–water partition coefficient (Wildman–Crippen LogP) is 2.32. The van der Waals surface area contributed by atoms with Crippen LogP contribution >= 0.6 is 11.3 Å². The first-order chi connectivity index (χ1) is 8.06. The van der Waals surface area contributed by atoms with Gasteiger partial charge in [0.1, 0.15) is 0 Å². The summed E-state index contributed by atoms with van der Waals surface area (Å²) in [5, 5.41) is 9.45. The molecule has 2 rings (SSSR count). The fourth-order valence-electron chi connectivity index (χ4n) is 1.61. The Morgan fingerprint density at radius 1 is 1.53 bits per heavy atom. The molecule has 88 valence electrons. The molecule has 17 heavy (non-hydrogen) atoms. The lowest BCUT2D eigenvalue weighted by Crippen LogP contribution is -1.97. The van der Waals surface area contributed by atoms with Gasteiger partial charge in [0.05, 0.1) is 11.3 Å². The van der Waals surface area contributed by atoms with Crippen molar-refractivity contribution in [3.63, 3.8) is 0 Å². The van der Waals surface area contributed by atoms with E-state index in [1.54, 1.807) is 18.2 Å². The van der Waals surface area contributed by atoms with E-state index in [2.05, 4.69) is 4.98 Å². The smallest absolute Gasteiger partial charge is 0.335 e. The summed E-state index contributed by atoms with van der Waals surface area (Å²) in [6, 6.07) is 6.91. The standard InChI is InChI=1S/C12H12N2O2S/c1-7-10(17-12(13)14-7)6-8-3-2-4-9(5-8)11(15)16/h2-5H,6H2,1H3,(H2,13,14)(H,15,16). The Morgan fingerprint density at radius 2 is 2.29 bits per heavy atom. The zero-order valence-corrected chi connectivity index (χ0v) is 10.1. The van der Waals surface area contributed by atoms with Gasteiger partial charge in [-0.15, -0.1) is 11.3 Å². The molecule has 1 aromatic heterocycles. The highest BCUT2D eigenvalue weighted by molar-refractivity contribution is 7.15. The number of carboxylic acids is 1. The fraction of sp³-hybridized carbons (Fsp3) is 0.167. The fourth-order valence-corrected chi connectivity index (χ4v) is 2.48. The maximum atomic E-state index is 10.8. The van der Waals surface area contributed by atoms with Crippen molar-refractivity contribution < 1.29 is 9.90 Å². The first kappa shape index (κ1) is 11.6. The monoisotopic (exact) mass is 248 g/mol. The number of thiazole rings is 1. The molecule has 0 spiro atoms. The lowest BCUT2D eigenvalue weighted by Gasteiger charge is -2.01. The zero-order valence-electron chi connectivity index (χ0n) is 9.30. The lowest BCUT2D eigenvalue weighted by molar-refractivity contribution is 0.0697. The molecule has 0 saturated heterocycles. The van der Waals surface area contributed by atoms with Crippen LogP contribution in [-0.2, 0) is 6.42 Å². The molecule has 0 aliphatic rings. The Kier molecular flexibility index (Phi) is 3.10. The second-order valence-corrected chi connectivity index (χ2v) is 4.86. The van der Waals surface area contributed by atoms with E-state index in [0.29, 0.717) is 17.1 Å². The van der Waals surface area contributed by atoms with E-state index in [4.69, 9.17) is 10.8 Å². The molecule has 1 aromatic carbocycles. The average Bonchev–Trinajstić information content (AvgIpc) is 2.58. The van der Waals surface area contributed by atoms with Gasteiger partial charge in [-0.3, -0.25) is 0 Å². The maximum absolute atomic E-state index is 10.8. The van der Waals surface area contributed by atoms with Gasteiger partial charge in [0.25, 0.3) is 0 Å². The highest BCUT2D eigenvalue weighted by atomic mass is 32.1. The molecule has 0 fully saturated rings. The molecule has 0 radical (unpaired) electrons. The van der Waals surface area contributed by atoms with Gasteiger partial charge in [-0.2, -0.15) is 0 Å². The van der Waals surface area contributed by atoms with E-state index >= 15 is 0 Å². The Hall–Kier alpha value is -1.88. The first-order valence-electron chi connectivity index (χ1n) is 5.10. The van der Waals surface area contributed by atoms with Crippen molar-refractivity contribution in [1.29, 1.82) is 0 Å². The third-order valence-corrected chi connectivity index (χ3v) is 3.43. The Balaban J connectivity index is 2.27. The summed E-state index contributed by atoms with van der Waals surface area (Å²) >= 11 is 1.44. The SMILES string of the molecule is Cc1nc(N)sc1Cc1cccc(C(=O)O)c1. The first-order valence-corrected chi connectivity index (χ1v) is 5.92. The summed E-state index contributed by atoms with van der Waals surface area (Å²) in [6.45, 7) is 1.91. The van der Waals surface area contributed by atoms with E-state index < -0.39 is 5.97 Å². The van der Waals surface area contributed by atoms with Gasteiger partial charge in [0, 0.05) is 11.3 Å². The van der Waals surface area contributed by atoms with Crippen molar-refractivity contribution in [2.75, 3.05) is 5.73 Å². The number of rotatable bonds is 3. The summed E-state index contributed by atoms with van der Waals surface area (Å²) in [7, 11) is 0. The number of aryl methyl sites for hydroxylation is 1.